The quantitative estimate of drug-likeness (QED) is 0.754. The van der Waals surface area contributed by atoms with Gasteiger partial charge in [0.1, 0.15) is 18.5 Å². The Morgan fingerprint density at radius 2 is 1.89 bits per heavy atom. The van der Waals surface area contributed by atoms with E-state index in [9.17, 15) is 10.2 Å². The number of ether oxygens (including phenoxy) is 1. The zero-order valence-corrected chi connectivity index (χ0v) is 11.3. The Morgan fingerprint density at radius 1 is 1.26 bits per heavy atom. The van der Waals surface area contributed by atoms with Crippen LogP contribution in [-0.2, 0) is 0 Å². The molecule has 5 nitrogen and oxygen atoms in total. The van der Waals surface area contributed by atoms with Crippen molar-refractivity contribution in [2.24, 2.45) is 0 Å². The van der Waals surface area contributed by atoms with Crippen LogP contribution in [0.4, 0.5) is 0 Å². The molecule has 0 aliphatic carbocycles. The van der Waals surface area contributed by atoms with Gasteiger partial charge < -0.3 is 19.8 Å². The summed E-state index contributed by atoms with van der Waals surface area (Å²) < 4.78 is 5.42. The summed E-state index contributed by atoms with van der Waals surface area (Å²) in [6.07, 6.45) is -1.05. The Balaban J connectivity index is 2.33. The van der Waals surface area contributed by atoms with Crippen LogP contribution in [0.25, 0.3) is 0 Å². The predicted molar refractivity (Wildman–Crippen MR) is 71.8 cm³/mol. The fourth-order valence-corrected chi connectivity index (χ4v) is 1.76. The first-order valence-corrected chi connectivity index (χ1v) is 6.19. The van der Waals surface area contributed by atoms with Crippen molar-refractivity contribution in [2.45, 2.75) is 19.1 Å². The highest BCUT2D eigenvalue weighted by Crippen LogP contribution is 2.11. The monoisotopic (exact) mass is 264 g/mol. The van der Waals surface area contributed by atoms with E-state index in [0.29, 0.717) is 24.4 Å². The Morgan fingerprint density at radius 3 is 2.42 bits per heavy atom. The van der Waals surface area contributed by atoms with Gasteiger partial charge in [0, 0.05) is 13.1 Å². The molecule has 0 aromatic heterocycles. The molecule has 1 aromatic carbocycles. The molecule has 19 heavy (non-hydrogen) atoms. The number of nitriles is 1. The fourth-order valence-electron chi connectivity index (χ4n) is 1.76. The van der Waals surface area contributed by atoms with Crippen molar-refractivity contribution in [3.05, 3.63) is 29.8 Å². The maximum atomic E-state index is 9.79. The summed E-state index contributed by atoms with van der Waals surface area (Å²) >= 11 is 0. The first-order valence-electron chi connectivity index (χ1n) is 6.19. The molecule has 0 radical (unpaired) electrons. The maximum absolute atomic E-state index is 9.79. The lowest BCUT2D eigenvalue weighted by Crippen LogP contribution is -2.36. The Hall–Kier alpha value is -1.61. The number of benzene rings is 1. The molecule has 0 aliphatic rings. The molecule has 0 saturated carbocycles. The molecule has 0 fully saturated rings. The van der Waals surface area contributed by atoms with E-state index < -0.39 is 12.2 Å². The van der Waals surface area contributed by atoms with Crippen molar-refractivity contribution in [1.82, 2.24) is 4.90 Å². The number of aliphatic hydroxyl groups is 2. The molecule has 0 amide bonds. The number of aliphatic hydroxyl groups excluding tert-OH is 2. The predicted octanol–water partition coefficient (Wildman–Crippen LogP) is 0.611. The molecule has 2 N–H and O–H groups in total. The molecule has 0 bridgehead atoms. The van der Waals surface area contributed by atoms with E-state index in [0.717, 1.165) is 0 Å². The maximum Gasteiger partial charge on any atom is 0.119 e. The van der Waals surface area contributed by atoms with Gasteiger partial charge in [-0.25, -0.2) is 0 Å². The third-order valence-corrected chi connectivity index (χ3v) is 2.52. The van der Waals surface area contributed by atoms with Crippen molar-refractivity contribution in [2.75, 3.05) is 26.7 Å². The third-order valence-electron chi connectivity index (χ3n) is 2.52. The molecular weight excluding hydrogens is 244 g/mol. The highest BCUT2D eigenvalue weighted by atomic mass is 16.5. The third kappa shape index (κ3) is 6.20. The number of hydrogen-bond donors (Lipinski definition) is 2. The second-order valence-corrected chi connectivity index (χ2v) is 4.67. The molecule has 104 valence electrons. The van der Waals surface area contributed by atoms with E-state index in [-0.39, 0.29) is 6.61 Å². The van der Waals surface area contributed by atoms with Crippen LogP contribution >= 0.6 is 0 Å². The summed E-state index contributed by atoms with van der Waals surface area (Å²) in [5, 5.41) is 27.7. The molecule has 2 unspecified atom stereocenters. The van der Waals surface area contributed by atoms with Gasteiger partial charge in [-0.3, -0.25) is 0 Å². The van der Waals surface area contributed by atoms with Gasteiger partial charge in [-0.05, 0) is 38.2 Å². The lowest BCUT2D eigenvalue weighted by Gasteiger charge is -2.21. The van der Waals surface area contributed by atoms with Crippen molar-refractivity contribution in [1.29, 1.82) is 5.26 Å². The summed E-state index contributed by atoms with van der Waals surface area (Å²) in [4.78, 5) is 1.84. The van der Waals surface area contributed by atoms with Crippen molar-refractivity contribution in [3.8, 4) is 11.8 Å². The van der Waals surface area contributed by atoms with Gasteiger partial charge in [-0.1, -0.05) is 0 Å². The molecule has 0 heterocycles. The molecule has 0 aliphatic heterocycles. The van der Waals surface area contributed by atoms with Crippen LogP contribution in [0.2, 0.25) is 0 Å². The summed E-state index contributed by atoms with van der Waals surface area (Å²) in [5.74, 6) is 0.622. The van der Waals surface area contributed by atoms with Crippen LogP contribution < -0.4 is 4.74 Å². The standard InChI is InChI=1S/C14H20N2O3/c1-11(17)8-16(2)9-13(18)10-19-14-5-3-12(7-15)4-6-14/h3-6,11,13,17-18H,8-10H2,1-2H3. The smallest absolute Gasteiger partial charge is 0.119 e. The van der Waals surface area contributed by atoms with Crippen LogP contribution in [0.1, 0.15) is 12.5 Å². The fraction of sp³-hybridized carbons (Fsp3) is 0.500. The molecule has 5 heteroatoms. The summed E-state index contributed by atoms with van der Waals surface area (Å²) in [6, 6.07) is 8.76. The molecule has 0 saturated heterocycles. The van der Waals surface area contributed by atoms with Gasteiger partial charge in [0.15, 0.2) is 0 Å². The molecule has 2 atom stereocenters. The van der Waals surface area contributed by atoms with Crippen LogP contribution in [0, 0.1) is 11.3 Å². The van der Waals surface area contributed by atoms with Gasteiger partial charge in [-0.15, -0.1) is 0 Å². The minimum Gasteiger partial charge on any atom is -0.491 e. The largest absolute Gasteiger partial charge is 0.491 e. The van der Waals surface area contributed by atoms with E-state index >= 15 is 0 Å². The van der Waals surface area contributed by atoms with Crippen LogP contribution in [0.15, 0.2) is 24.3 Å². The van der Waals surface area contributed by atoms with Crippen LogP contribution in [-0.4, -0.2) is 54.1 Å². The van der Waals surface area contributed by atoms with E-state index in [1.54, 1.807) is 31.2 Å². The van der Waals surface area contributed by atoms with Crippen LogP contribution in [0.5, 0.6) is 5.75 Å². The van der Waals surface area contributed by atoms with E-state index in [1.807, 2.05) is 18.0 Å². The van der Waals surface area contributed by atoms with E-state index in [1.165, 1.54) is 0 Å². The average molecular weight is 264 g/mol. The number of likely N-dealkylation sites (N-methyl/N-ethyl adjacent to an activating group) is 1. The van der Waals surface area contributed by atoms with E-state index in [2.05, 4.69) is 0 Å². The molecule has 1 rings (SSSR count). The van der Waals surface area contributed by atoms with Gasteiger partial charge in [0.25, 0.3) is 0 Å². The molecule has 0 spiro atoms. The summed E-state index contributed by atoms with van der Waals surface area (Å²) in [7, 11) is 1.83. The van der Waals surface area contributed by atoms with Gasteiger partial charge in [0.2, 0.25) is 0 Å². The van der Waals surface area contributed by atoms with E-state index in [4.69, 9.17) is 10.00 Å². The minimum absolute atomic E-state index is 0.177. The highest BCUT2D eigenvalue weighted by molar-refractivity contribution is 5.34. The van der Waals surface area contributed by atoms with Crippen molar-refractivity contribution >= 4 is 0 Å². The van der Waals surface area contributed by atoms with Gasteiger partial charge in [-0.2, -0.15) is 5.26 Å². The second kappa shape index (κ2) is 7.74. The molecule has 1 aromatic rings. The Bertz CT molecular complexity index is 412. The first kappa shape index (κ1) is 15.4. The van der Waals surface area contributed by atoms with Crippen molar-refractivity contribution in [3.63, 3.8) is 0 Å². The Labute approximate surface area is 113 Å². The number of nitrogens with zero attached hydrogens (tertiary/aromatic N) is 2. The average Bonchev–Trinajstić information content (AvgIpc) is 2.36. The Kier molecular flexibility index (Phi) is 6.30. The minimum atomic E-state index is -0.626. The topological polar surface area (TPSA) is 76.7 Å². The molecular formula is C14H20N2O3. The summed E-state index contributed by atoms with van der Waals surface area (Å²) in [6.45, 7) is 2.82. The zero-order valence-electron chi connectivity index (χ0n) is 11.3. The van der Waals surface area contributed by atoms with Gasteiger partial charge in [0.05, 0.1) is 17.7 Å². The first-order chi connectivity index (χ1) is 9.01. The lowest BCUT2D eigenvalue weighted by molar-refractivity contribution is 0.0598. The van der Waals surface area contributed by atoms with Crippen LogP contribution in [0.3, 0.4) is 0 Å². The van der Waals surface area contributed by atoms with Gasteiger partial charge >= 0.3 is 0 Å². The number of hydrogen-bond acceptors (Lipinski definition) is 5. The lowest BCUT2D eigenvalue weighted by atomic mass is 10.2. The second-order valence-electron chi connectivity index (χ2n) is 4.67. The zero-order chi connectivity index (χ0) is 14.3. The SMILES string of the molecule is CC(O)CN(C)CC(O)COc1ccc(C#N)cc1. The normalized spacial score (nSPS) is 13.9. The summed E-state index contributed by atoms with van der Waals surface area (Å²) in [5.41, 5.74) is 0.574. The highest BCUT2D eigenvalue weighted by Gasteiger charge is 2.10. The van der Waals surface area contributed by atoms with Crippen molar-refractivity contribution < 1.29 is 14.9 Å². The number of rotatable bonds is 7.